The number of rotatable bonds is 8. The average molecular weight is 455 g/mol. The molecule has 9 heteroatoms. The Morgan fingerprint density at radius 3 is 2.60 bits per heavy atom. The van der Waals surface area contributed by atoms with Crippen molar-refractivity contribution in [3.8, 4) is 11.5 Å². The van der Waals surface area contributed by atoms with E-state index < -0.39 is 5.97 Å². The maximum absolute atomic E-state index is 12.6. The number of likely N-dealkylation sites (N-methyl/N-ethyl adjacent to an activating group) is 1. The van der Waals surface area contributed by atoms with Gasteiger partial charge in [0.15, 0.2) is 18.1 Å². The van der Waals surface area contributed by atoms with E-state index in [1.165, 1.54) is 11.3 Å². The van der Waals surface area contributed by atoms with Gasteiger partial charge >= 0.3 is 5.97 Å². The number of carbonyl (C=O) groups excluding carboxylic acids is 2. The number of thiophene rings is 1. The molecular formula is C21H27ClN2O5S. The number of para-hydroxylation sites is 2. The van der Waals surface area contributed by atoms with E-state index in [0.717, 1.165) is 36.5 Å². The number of nitrogens with one attached hydrogen (secondary N) is 1. The second-order valence-corrected chi connectivity index (χ2v) is 7.64. The van der Waals surface area contributed by atoms with Crippen LogP contribution in [-0.4, -0.2) is 50.2 Å². The number of carbonyl (C=O) groups is 2. The van der Waals surface area contributed by atoms with Crippen molar-refractivity contribution >= 4 is 40.6 Å². The molecule has 0 saturated heterocycles. The molecule has 2 heterocycles. The first-order valence-corrected chi connectivity index (χ1v) is 10.5. The molecule has 1 amide bonds. The molecule has 1 aromatic heterocycles. The summed E-state index contributed by atoms with van der Waals surface area (Å²) in [6, 6.07) is 7.13. The fourth-order valence-corrected chi connectivity index (χ4v) is 4.57. The molecule has 3 rings (SSSR count). The number of methoxy groups -OCH3 is 1. The number of anilines is 1. The molecule has 1 aliphatic heterocycles. The van der Waals surface area contributed by atoms with Crippen molar-refractivity contribution in [3.05, 3.63) is 40.3 Å². The number of esters is 1. The SMILES string of the molecule is CCOC(=O)c1c(NC(=O)COc2ccccc2OC)sc2c1CCN(CC)C2.Cl. The Morgan fingerprint density at radius 1 is 1.20 bits per heavy atom. The van der Waals surface area contributed by atoms with Crippen molar-refractivity contribution in [2.45, 2.75) is 26.8 Å². The number of hydrogen-bond acceptors (Lipinski definition) is 7. The van der Waals surface area contributed by atoms with Gasteiger partial charge in [-0.3, -0.25) is 9.69 Å². The highest BCUT2D eigenvalue weighted by atomic mass is 35.5. The van der Waals surface area contributed by atoms with Crippen molar-refractivity contribution in [1.29, 1.82) is 0 Å². The van der Waals surface area contributed by atoms with Crippen molar-refractivity contribution in [3.63, 3.8) is 0 Å². The van der Waals surface area contributed by atoms with Crippen LogP contribution in [0.1, 0.15) is 34.6 Å². The summed E-state index contributed by atoms with van der Waals surface area (Å²) < 4.78 is 16.1. The van der Waals surface area contributed by atoms with Gasteiger partial charge in [0.05, 0.1) is 19.3 Å². The lowest BCUT2D eigenvalue weighted by molar-refractivity contribution is -0.118. The van der Waals surface area contributed by atoms with Gasteiger partial charge in [-0.2, -0.15) is 0 Å². The number of hydrogen-bond donors (Lipinski definition) is 1. The van der Waals surface area contributed by atoms with E-state index in [9.17, 15) is 9.59 Å². The van der Waals surface area contributed by atoms with Gasteiger partial charge in [-0.25, -0.2) is 4.79 Å². The van der Waals surface area contributed by atoms with Crippen LogP contribution < -0.4 is 14.8 Å². The maximum Gasteiger partial charge on any atom is 0.341 e. The van der Waals surface area contributed by atoms with Gasteiger partial charge in [0.2, 0.25) is 0 Å². The summed E-state index contributed by atoms with van der Waals surface area (Å²) in [5, 5.41) is 3.37. The van der Waals surface area contributed by atoms with Crippen LogP contribution in [0.2, 0.25) is 0 Å². The third kappa shape index (κ3) is 5.44. The summed E-state index contributed by atoms with van der Waals surface area (Å²) in [6.45, 7) is 6.59. The van der Waals surface area contributed by atoms with Gasteiger partial charge in [0.1, 0.15) is 5.00 Å². The highest BCUT2D eigenvalue weighted by Crippen LogP contribution is 2.37. The predicted molar refractivity (Wildman–Crippen MR) is 119 cm³/mol. The van der Waals surface area contributed by atoms with Crippen LogP contribution in [0.15, 0.2) is 24.3 Å². The zero-order valence-electron chi connectivity index (χ0n) is 17.4. The first-order chi connectivity index (χ1) is 14.1. The van der Waals surface area contributed by atoms with Crippen molar-refractivity contribution in [1.82, 2.24) is 4.90 Å². The minimum Gasteiger partial charge on any atom is -0.493 e. The van der Waals surface area contributed by atoms with E-state index in [-0.39, 0.29) is 31.5 Å². The smallest absolute Gasteiger partial charge is 0.341 e. The molecule has 0 saturated carbocycles. The number of ether oxygens (including phenoxy) is 3. The lowest BCUT2D eigenvalue weighted by atomic mass is 10.0. The zero-order valence-corrected chi connectivity index (χ0v) is 19.0. The number of fused-ring (bicyclic) bond motifs is 1. The predicted octanol–water partition coefficient (Wildman–Crippen LogP) is 3.75. The fourth-order valence-electron chi connectivity index (χ4n) is 3.28. The Hall–Kier alpha value is -2.29. The number of benzene rings is 1. The van der Waals surface area contributed by atoms with E-state index in [1.807, 2.05) is 6.07 Å². The number of amides is 1. The minimum atomic E-state index is -0.393. The lowest BCUT2D eigenvalue weighted by Gasteiger charge is -2.25. The molecule has 0 radical (unpaired) electrons. The Morgan fingerprint density at radius 2 is 1.93 bits per heavy atom. The Kier molecular flexibility index (Phi) is 8.95. The largest absolute Gasteiger partial charge is 0.493 e. The average Bonchev–Trinajstić information content (AvgIpc) is 3.09. The van der Waals surface area contributed by atoms with E-state index in [2.05, 4.69) is 17.1 Å². The zero-order chi connectivity index (χ0) is 20.8. The van der Waals surface area contributed by atoms with Crippen LogP contribution in [0, 0.1) is 0 Å². The first kappa shape index (κ1) is 24.0. The molecule has 0 fully saturated rings. The van der Waals surface area contributed by atoms with Crippen LogP contribution in [0.4, 0.5) is 5.00 Å². The highest BCUT2D eigenvalue weighted by molar-refractivity contribution is 7.17. The summed E-state index contributed by atoms with van der Waals surface area (Å²) >= 11 is 1.44. The monoisotopic (exact) mass is 454 g/mol. The second-order valence-electron chi connectivity index (χ2n) is 6.53. The summed E-state index contributed by atoms with van der Waals surface area (Å²) in [7, 11) is 1.55. The summed E-state index contributed by atoms with van der Waals surface area (Å²) in [5.41, 5.74) is 1.47. The molecular weight excluding hydrogens is 428 g/mol. The second kappa shape index (κ2) is 11.2. The van der Waals surface area contributed by atoms with Crippen LogP contribution >= 0.6 is 23.7 Å². The van der Waals surface area contributed by atoms with Crippen LogP contribution in [0.5, 0.6) is 11.5 Å². The molecule has 1 aromatic carbocycles. The number of nitrogens with zero attached hydrogens (tertiary/aromatic N) is 1. The van der Waals surface area contributed by atoms with Gasteiger partial charge in [-0.1, -0.05) is 19.1 Å². The Bertz CT molecular complexity index is 886. The molecule has 30 heavy (non-hydrogen) atoms. The van der Waals surface area contributed by atoms with Crippen LogP contribution in [0.25, 0.3) is 0 Å². The van der Waals surface area contributed by atoms with Gasteiger partial charge in [-0.05, 0) is 37.6 Å². The van der Waals surface area contributed by atoms with E-state index in [0.29, 0.717) is 22.1 Å². The third-order valence-electron chi connectivity index (χ3n) is 4.74. The molecule has 0 aliphatic carbocycles. The van der Waals surface area contributed by atoms with Gasteiger partial charge in [0, 0.05) is 18.0 Å². The van der Waals surface area contributed by atoms with Gasteiger partial charge in [-0.15, -0.1) is 23.7 Å². The highest BCUT2D eigenvalue weighted by Gasteiger charge is 2.29. The molecule has 0 spiro atoms. The topological polar surface area (TPSA) is 77.1 Å². The molecule has 0 atom stereocenters. The molecule has 0 unspecified atom stereocenters. The third-order valence-corrected chi connectivity index (χ3v) is 5.88. The fraction of sp³-hybridized carbons (Fsp3) is 0.429. The first-order valence-electron chi connectivity index (χ1n) is 9.67. The number of halogens is 1. The van der Waals surface area contributed by atoms with Gasteiger partial charge < -0.3 is 19.5 Å². The molecule has 164 valence electrons. The van der Waals surface area contributed by atoms with E-state index in [4.69, 9.17) is 14.2 Å². The van der Waals surface area contributed by atoms with Crippen LogP contribution in [0.3, 0.4) is 0 Å². The van der Waals surface area contributed by atoms with Crippen molar-refractivity contribution in [2.75, 3.05) is 38.7 Å². The minimum absolute atomic E-state index is 0. The normalized spacial score (nSPS) is 13.0. The summed E-state index contributed by atoms with van der Waals surface area (Å²) in [4.78, 5) is 28.5. The molecule has 1 N–H and O–H groups in total. The van der Waals surface area contributed by atoms with Crippen molar-refractivity contribution < 1.29 is 23.8 Å². The van der Waals surface area contributed by atoms with Gasteiger partial charge in [0.25, 0.3) is 5.91 Å². The molecule has 2 aromatic rings. The maximum atomic E-state index is 12.6. The molecule has 7 nitrogen and oxygen atoms in total. The standard InChI is InChI=1S/C21H26N2O5S.ClH/c1-4-23-11-10-14-17(12-23)29-20(19(14)21(25)27-5-2)22-18(24)13-28-16-9-7-6-8-15(16)26-3;/h6-9H,4-5,10-13H2,1-3H3,(H,22,24);1H. The summed E-state index contributed by atoms with van der Waals surface area (Å²) in [6.07, 6.45) is 0.765. The van der Waals surface area contributed by atoms with E-state index >= 15 is 0 Å². The Balaban J connectivity index is 0.00000320. The molecule has 1 aliphatic rings. The molecule has 0 bridgehead atoms. The van der Waals surface area contributed by atoms with E-state index in [1.54, 1.807) is 32.2 Å². The van der Waals surface area contributed by atoms with Crippen LogP contribution in [-0.2, 0) is 22.5 Å². The van der Waals surface area contributed by atoms with Crippen molar-refractivity contribution in [2.24, 2.45) is 0 Å². The Labute approximate surface area is 186 Å². The lowest BCUT2D eigenvalue weighted by Crippen LogP contribution is -2.30. The quantitative estimate of drug-likeness (QED) is 0.612. The summed E-state index contributed by atoms with van der Waals surface area (Å²) in [5.74, 6) is 0.307.